The third-order valence-electron chi connectivity index (χ3n) is 2.34. The summed E-state index contributed by atoms with van der Waals surface area (Å²) in [6, 6.07) is 0. The Morgan fingerprint density at radius 3 is 2.53 bits per heavy atom. The summed E-state index contributed by atoms with van der Waals surface area (Å²) in [4.78, 5) is 15.0. The van der Waals surface area contributed by atoms with E-state index in [9.17, 15) is 4.79 Å². The van der Waals surface area contributed by atoms with Crippen LogP contribution in [0.2, 0.25) is 0 Å². The van der Waals surface area contributed by atoms with Crippen LogP contribution in [0.1, 0.15) is 46.2 Å². The third kappa shape index (κ3) is 3.49. The van der Waals surface area contributed by atoms with Gasteiger partial charge in [-0.3, -0.25) is 4.79 Å². The van der Waals surface area contributed by atoms with Crippen molar-refractivity contribution in [3.63, 3.8) is 0 Å². The van der Waals surface area contributed by atoms with E-state index in [1.165, 1.54) is 11.8 Å². The van der Waals surface area contributed by atoms with Crippen LogP contribution in [0.15, 0.2) is 11.4 Å². The van der Waals surface area contributed by atoms with Gasteiger partial charge in [-0.25, -0.2) is 4.98 Å². The monoisotopic (exact) mass is 256 g/mol. The highest BCUT2D eigenvalue weighted by Crippen LogP contribution is 2.29. The molecule has 0 aliphatic carbocycles. The van der Waals surface area contributed by atoms with E-state index in [0.717, 1.165) is 10.9 Å². The molecule has 0 saturated heterocycles. The molecule has 1 rings (SSSR count). The smallest absolute Gasteiger partial charge is 0.313 e. The lowest BCUT2D eigenvalue weighted by atomic mass is 10.1. The molecule has 0 aliphatic rings. The summed E-state index contributed by atoms with van der Waals surface area (Å²) in [7, 11) is 0. The summed E-state index contributed by atoms with van der Waals surface area (Å²) in [6.45, 7) is 10.5. The Morgan fingerprint density at radius 2 is 2.12 bits per heavy atom. The molecule has 0 unspecified atom stereocenters. The number of thioether (sulfide) groups is 1. The highest BCUT2D eigenvalue weighted by atomic mass is 32.2. The number of nitrogens with zero attached hydrogens (tertiary/aromatic N) is 2. The van der Waals surface area contributed by atoms with Crippen LogP contribution >= 0.6 is 11.8 Å². The van der Waals surface area contributed by atoms with Crippen LogP contribution in [0.5, 0.6) is 0 Å². The summed E-state index contributed by atoms with van der Waals surface area (Å²) in [5.74, 6) is -0.393. The normalized spacial score (nSPS) is 12.1. The maximum Gasteiger partial charge on any atom is 0.313 e. The molecular formula is C12H20N2O2S. The molecule has 0 bridgehead atoms. The number of carboxylic acid groups (broad SMARTS) is 1. The molecule has 1 aromatic rings. The molecule has 1 aromatic heterocycles. The Kier molecular flexibility index (Phi) is 4.25. The molecule has 0 fully saturated rings. The van der Waals surface area contributed by atoms with Crippen molar-refractivity contribution < 1.29 is 9.90 Å². The minimum atomic E-state index is -0.815. The predicted octanol–water partition coefficient (Wildman–Crippen LogP) is 2.94. The molecule has 17 heavy (non-hydrogen) atoms. The standard InChI is InChI=1S/C12H20N2O2S/c1-8(2)9-6-13-11(17-7-10(15)16)14(9)12(3,4)5/h6,8H,7H2,1-5H3,(H,15,16). The molecule has 96 valence electrons. The summed E-state index contributed by atoms with van der Waals surface area (Å²) in [5, 5.41) is 9.51. The fourth-order valence-electron chi connectivity index (χ4n) is 1.66. The lowest BCUT2D eigenvalue weighted by molar-refractivity contribution is -0.133. The van der Waals surface area contributed by atoms with Gasteiger partial charge < -0.3 is 9.67 Å². The van der Waals surface area contributed by atoms with Gasteiger partial charge in [-0.2, -0.15) is 0 Å². The number of carbonyl (C=O) groups is 1. The van der Waals surface area contributed by atoms with Gasteiger partial charge in [-0.05, 0) is 26.7 Å². The second-order valence-corrected chi connectivity index (χ2v) is 6.25. The number of aromatic nitrogens is 2. The average molecular weight is 256 g/mol. The van der Waals surface area contributed by atoms with E-state index in [2.05, 4.69) is 44.2 Å². The zero-order valence-corrected chi connectivity index (χ0v) is 11.8. The van der Waals surface area contributed by atoms with Crippen molar-refractivity contribution >= 4 is 17.7 Å². The van der Waals surface area contributed by atoms with Crippen LogP contribution in [0.3, 0.4) is 0 Å². The first kappa shape index (κ1) is 14.1. The highest BCUT2D eigenvalue weighted by Gasteiger charge is 2.23. The Bertz CT molecular complexity index is 405. The molecule has 1 heterocycles. The zero-order chi connectivity index (χ0) is 13.2. The quantitative estimate of drug-likeness (QED) is 0.841. The summed E-state index contributed by atoms with van der Waals surface area (Å²) in [5.41, 5.74) is 1.06. The van der Waals surface area contributed by atoms with Gasteiger partial charge in [0, 0.05) is 17.4 Å². The number of imidazole rings is 1. The van der Waals surface area contributed by atoms with Crippen LogP contribution in [0, 0.1) is 0 Å². The van der Waals surface area contributed by atoms with Crippen LogP contribution in [0.4, 0.5) is 0 Å². The minimum Gasteiger partial charge on any atom is -0.481 e. The lowest BCUT2D eigenvalue weighted by Gasteiger charge is -2.27. The fraction of sp³-hybridized carbons (Fsp3) is 0.667. The molecule has 0 amide bonds. The minimum absolute atomic E-state index is 0.0463. The van der Waals surface area contributed by atoms with Gasteiger partial charge >= 0.3 is 5.97 Å². The number of hydrogen-bond acceptors (Lipinski definition) is 3. The molecule has 0 saturated carbocycles. The van der Waals surface area contributed by atoms with Gasteiger partial charge in [0.1, 0.15) is 0 Å². The number of carboxylic acids is 1. The molecule has 0 aromatic carbocycles. The maximum atomic E-state index is 10.6. The molecule has 5 heteroatoms. The number of hydrogen-bond donors (Lipinski definition) is 1. The first-order chi connectivity index (χ1) is 7.73. The van der Waals surface area contributed by atoms with Gasteiger partial charge in [-0.15, -0.1) is 0 Å². The van der Waals surface area contributed by atoms with E-state index in [1.54, 1.807) is 0 Å². The molecule has 0 aliphatic heterocycles. The van der Waals surface area contributed by atoms with Crippen LogP contribution in [-0.4, -0.2) is 26.4 Å². The maximum absolute atomic E-state index is 10.6. The van der Waals surface area contributed by atoms with Crippen molar-refractivity contribution in [2.45, 2.75) is 51.2 Å². The third-order valence-corrected chi connectivity index (χ3v) is 3.28. The molecule has 0 atom stereocenters. The van der Waals surface area contributed by atoms with E-state index in [-0.39, 0.29) is 11.3 Å². The van der Waals surface area contributed by atoms with Crippen molar-refractivity contribution in [3.8, 4) is 0 Å². The SMILES string of the molecule is CC(C)c1cnc(SCC(=O)O)n1C(C)(C)C. The van der Waals surface area contributed by atoms with Gasteiger partial charge in [0.2, 0.25) is 0 Å². The Morgan fingerprint density at radius 1 is 1.53 bits per heavy atom. The van der Waals surface area contributed by atoms with E-state index in [0.29, 0.717) is 5.92 Å². The average Bonchev–Trinajstić information content (AvgIpc) is 2.57. The van der Waals surface area contributed by atoms with Crippen molar-refractivity contribution in [2.24, 2.45) is 0 Å². The topological polar surface area (TPSA) is 55.1 Å². The van der Waals surface area contributed by atoms with E-state index >= 15 is 0 Å². The zero-order valence-electron chi connectivity index (χ0n) is 11.0. The molecular weight excluding hydrogens is 236 g/mol. The van der Waals surface area contributed by atoms with Crippen molar-refractivity contribution in [1.29, 1.82) is 0 Å². The summed E-state index contributed by atoms with van der Waals surface area (Å²) in [6.07, 6.45) is 1.85. The van der Waals surface area contributed by atoms with Crippen molar-refractivity contribution in [1.82, 2.24) is 9.55 Å². The molecule has 4 nitrogen and oxygen atoms in total. The van der Waals surface area contributed by atoms with Gasteiger partial charge in [0.25, 0.3) is 0 Å². The first-order valence-corrected chi connectivity index (χ1v) is 6.64. The van der Waals surface area contributed by atoms with Crippen LogP contribution in [0.25, 0.3) is 0 Å². The largest absolute Gasteiger partial charge is 0.481 e. The molecule has 1 N–H and O–H groups in total. The first-order valence-electron chi connectivity index (χ1n) is 5.66. The Balaban J connectivity index is 3.10. The number of rotatable bonds is 4. The second kappa shape index (κ2) is 5.12. The van der Waals surface area contributed by atoms with E-state index < -0.39 is 5.97 Å². The Hall–Kier alpha value is -0.970. The van der Waals surface area contributed by atoms with Crippen molar-refractivity contribution in [2.75, 3.05) is 5.75 Å². The van der Waals surface area contributed by atoms with Gasteiger partial charge in [-0.1, -0.05) is 25.6 Å². The predicted molar refractivity (Wildman–Crippen MR) is 69.7 cm³/mol. The van der Waals surface area contributed by atoms with Crippen LogP contribution < -0.4 is 0 Å². The van der Waals surface area contributed by atoms with Crippen molar-refractivity contribution in [3.05, 3.63) is 11.9 Å². The summed E-state index contributed by atoms with van der Waals surface area (Å²) >= 11 is 1.27. The van der Waals surface area contributed by atoms with Gasteiger partial charge in [0.15, 0.2) is 5.16 Å². The highest BCUT2D eigenvalue weighted by molar-refractivity contribution is 7.99. The van der Waals surface area contributed by atoms with E-state index in [1.807, 2.05) is 6.20 Å². The lowest BCUT2D eigenvalue weighted by Crippen LogP contribution is -2.25. The Labute approximate surface area is 106 Å². The van der Waals surface area contributed by atoms with Gasteiger partial charge in [0.05, 0.1) is 5.75 Å². The second-order valence-electron chi connectivity index (χ2n) is 5.31. The van der Waals surface area contributed by atoms with Crippen LogP contribution in [-0.2, 0) is 10.3 Å². The summed E-state index contributed by atoms with van der Waals surface area (Å²) < 4.78 is 2.13. The van der Waals surface area contributed by atoms with E-state index in [4.69, 9.17) is 5.11 Å². The number of aliphatic carboxylic acids is 1. The fourth-order valence-corrected chi connectivity index (χ4v) is 2.55. The molecule has 0 radical (unpaired) electrons. The molecule has 0 spiro atoms.